The first kappa shape index (κ1) is 42.1. The summed E-state index contributed by atoms with van der Waals surface area (Å²) in [7, 11) is 0. The maximum Gasteiger partial charge on any atom is 0.410 e. The van der Waals surface area contributed by atoms with Crippen molar-refractivity contribution in [2.75, 3.05) is 44.2 Å². The molecule has 302 valence electrons. The predicted octanol–water partition coefficient (Wildman–Crippen LogP) is 4.28. The van der Waals surface area contributed by atoms with Crippen molar-refractivity contribution in [3.8, 4) is 10.4 Å². The summed E-state index contributed by atoms with van der Waals surface area (Å²) in [6, 6.07) is 12.5. The maximum absolute atomic E-state index is 14.0. The number of hydrogen-bond donors (Lipinski definition) is 4. The minimum Gasteiger partial charge on any atom is -0.444 e. The number of thiazole rings is 1. The van der Waals surface area contributed by atoms with Crippen molar-refractivity contribution in [2.24, 2.45) is 5.41 Å². The fourth-order valence-corrected chi connectivity index (χ4v) is 7.60. The van der Waals surface area contributed by atoms with Gasteiger partial charge in [-0.25, -0.2) is 9.78 Å². The Kier molecular flexibility index (Phi) is 13.1. The molecule has 5 amide bonds. The Balaban J connectivity index is 1.14. The Labute approximate surface area is 333 Å². The van der Waals surface area contributed by atoms with Crippen molar-refractivity contribution in [1.82, 2.24) is 30.7 Å². The Hall–Kier alpha value is -5.02. The summed E-state index contributed by atoms with van der Waals surface area (Å²) in [5.74, 6) is -1.92. The zero-order chi connectivity index (χ0) is 40.9. The second-order valence-electron chi connectivity index (χ2n) is 16.6. The van der Waals surface area contributed by atoms with Crippen LogP contribution in [-0.4, -0.2) is 113 Å². The van der Waals surface area contributed by atoms with Crippen LogP contribution in [-0.2, 0) is 19.1 Å². The molecule has 0 spiro atoms. The van der Waals surface area contributed by atoms with Crippen LogP contribution in [0.2, 0.25) is 0 Å². The summed E-state index contributed by atoms with van der Waals surface area (Å²) in [5.41, 5.74) is 4.62. The van der Waals surface area contributed by atoms with Gasteiger partial charge in [0.1, 0.15) is 17.7 Å². The van der Waals surface area contributed by atoms with Gasteiger partial charge in [0.2, 0.25) is 17.7 Å². The van der Waals surface area contributed by atoms with E-state index < -0.39 is 52.8 Å². The van der Waals surface area contributed by atoms with Gasteiger partial charge in [0.25, 0.3) is 5.91 Å². The third-order valence-corrected chi connectivity index (χ3v) is 10.9. The second kappa shape index (κ2) is 17.4. The molecule has 56 heavy (non-hydrogen) atoms. The van der Waals surface area contributed by atoms with Crippen LogP contribution in [0.3, 0.4) is 0 Å². The van der Waals surface area contributed by atoms with Crippen molar-refractivity contribution in [2.45, 2.75) is 91.6 Å². The summed E-state index contributed by atoms with van der Waals surface area (Å²) in [6.07, 6.45) is -1.18. The molecule has 2 saturated heterocycles. The molecule has 3 aromatic rings. The number of ether oxygens (including phenoxy) is 1. The van der Waals surface area contributed by atoms with Crippen LogP contribution in [0.25, 0.3) is 10.4 Å². The summed E-state index contributed by atoms with van der Waals surface area (Å²) in [4.78, 5) is 76.8. The van der Waals surface area contributed by atoms with Gasteiger partial charge in [-0.05, 0) is 75.4 Å². The highest BCUT2D eigenvalue weighted by Gasteiger charge is 2.44. The number of rotatable bonds is 10. The highest BCUT2D eigenvalue weighted by Crippen LogP contribution is 2.30. The second-order valence-corrected chi connectivity index (χ2v) is 17.4. The number of aryl methyl sites for hydroxylation is 1. The summed E-state index contributed by atoms with van der Waals surface area (Å²) >= 11 is 1.57. The minimum atomic E-state index is -1.04. The Morgan fingerprint density at radius 3 is 2.14 bits per heavy atom. The normalized spacial score (nSPS) is 18.6. The molecule has 2 fully saturated rings. The molecule has 0 saturated carbocycles. The minimum absolute atomic E-state index is 0.0528. The van der Waals surface area contributed by atoms with Crippen molar-refractivity contribution in [3.63, 3.8) is 0 Å². The van der Waals surface area contributed by atoms with E-state index in [1.807, 2.05) is 71.0 Å². The molecule has 4 atom stereocenters. The van der Waals surface area contributed by atoms with Gasteiger partial charge < -0.3 is 40.5 Å². The van der Waals surface area contributed by atoms with Crippen LogP contribution in [0.1, 0.15) is 82.5 Å². The zero-order valence-electron chi connectivity index (χ0n) is 33.5. The zero-order valence-corrected chi connectivity index (χ0v) is 34.4. The topological polar surface area (TPSA) is 174 Å². The van der Waals surface area contributed by atoms with Gasteiger partial charge in [0, 0.05) is 50.4 Å². The van der Waals surface area contributed by atoms with Crippen molar-refractivity contribution in [3.05, 3.63) is 70.9 Å². The molecule has 0 radical (unpaired) electrons. The van der Waals surface area contributed by atoms with Crippen LogP contribution in [0.5, 0.6) is 0 Å². The Morgan fingerprint density at radius 2 is 1.57 bits per heavy atom. The van der Waals surface area contributed by atoms with Crippen molar-refractivity contribution < 1.29 is 33.8 Å². The van der Waals surface area contributed by atoms with Gasteiger partial charge in [-0.2, -0.15) is 0 Å². The lowest BCUT2D eigenvalue weighted by Gasteiger charge is -2.36. The molecule has 4 N–H and O–H groups in total. The van der Waals surface area contributed by atoms with E-state index in [0.29, 0.717) is 31.7 Å². The van der Waals surface area contributed by atoms with E-state index in [9.17, 15) is 29.1 Å². The fourth-order valence-electron chi connectivity index (χ4n) is 6.79. The number of aromatic nitrogens is 1. The summed E-state index contributed by atoms with van der Waals surface area (Å²) in [6.45, 7) is 16.6. The summed E-state index contributed by atoms with van der Waals surface area (Å²) < 4.78 is 5.48. The van der Waals surface area contributed by atoms with Crippen molar-refractivity contribution in [1.29, 1.82) is 0 Å². The average Bonchev–Trinajstić information content (AvgIpc) is 3.76. The number of carbonyl (C=O) groups excluding carboxylic acids is 5. The van der Waals surface area contributed by atoms with Crippen LogP contribution < -0.4 is 20.9 Å². The third-order valence-electron chi connectivity index (χ3n) is 9.90. The van der Waals surface area contributed by atoms with Gasteiger partial charge in [-0.15, -0.1) is 11.3 Å². The number of piperazine rings is 1. The smallest absolute Gasteiger partial charge is 0.410 e. The van der Waals surface area contributed by atoms with E-state index in [1.54, 1.807) is 54.7 Å². The van der Waals surface area contributed by atoms with Crippen molar-refractivity contribution >= 4 is 46.7 Å². The average molecular weight is 790 g/mol. The fraction of sp³-hybridized carbons (Fsp3) is 0.512. The highest BCUT2D eigenvalue weighted by atomic mass is 32.1. The number of β-amino-alcohol motifs (C(OH)–C–C–N with tert-alkyl or cyclic N) is 1. The van der Waals surface area contributed by atoms with E-state index in [4.69, 9.17) is 4.74 Å². The van der Waals surface area contributed by atoms with E-state index >= 15 is 0 Å². The molecule has 0 unspecified atom stereocenters. The first-order chi connectivity index (χ1) is 26.3. The predicted molar refractivity (Wildman–Crippen MR) is 215 cm³/mol. The lowest BCUT2D eigenvalue weighted by Crippen LogP contribution is -2.58. The number of aliphatic hydroxyl groups is 1. The third kappa shape index (κ3) is 10.6. The molecule has 3 heterocycles. The summed E-state index contributed by atoms with van der Waals surface area (Å²) in [5, 5.41) is 19.0. The van der Waals surface area contributed by atoms with Crippen LogP contribution in [0.15, 0.2) is 54.0 Å². The number of hydrogen-bond acceptors (Lipinski definition) is 10. The Bertz CT molecular complexity index is 1880. The van der Waals surface area contributed by atoms with Crippen LogP contribution in [0, 0.1) is 12.3 Å². The highest BCUT2D eigenvalue weighted by molar-refractivity contribution is 7.13. The molecule has 1 aromatic heterocycles. The number of carbonyl (C=O) groups is 5. The van der Waals surface area contributed by atoms with Gasteiger partial charge >= 0.3 is 6.09 Å². The number of likely N-dealkylation sites (tertiary alicyclic amines) is 1. The van der Waals surface area contributed by atoms with Gasteiger partial charge in [0.15, 0.2) is 0 Å². The first-order valence-corrected chi connectivity index (χ1v) is 19.9. The standard InChI is InChI=1S/C41H55N7O7S/c1-25(27-9-11-28(12-10-27)34-26(2)43-24-56-34)44-37(52)32-21-31(49)23-48(32)38(53)35(40(3,4)5)45-33(50)22-42-36(51)29-13-15-30(16-14-29)46-17-19-47(20-18-46)39(54)55-41(6,7)8/h9-16,24-25,31-32,35,49H,17-23H2,1-8H3,(H,42,51)(H,44,52)(H,45,50)/t25-,31+,32-,35+/m0/s1. The largest absolute Gasteiger partial charge is 0.444 e. The monoisotopic (exact) mass is 789 g/mol. The van der Waals surface area contributed by atoms with Gasteiger partial charge in [-0.3, -0.25) is 19.2 Å². The molecular weight excluding hydrogens is 735 g/mol. The number of nitrogens with zero attached hydrogens (tertiary/aromatic N) is 4. The SMILES string of the molecule is Cc1ncsc1-c1ccc([C@H](C)NC(=O)[C@@H]2C[C@@H](O)CN2C(=O)[C@@H](NC(=O)CNC(=O)c2ccc(N3CCN(C(=O)OC(C)(C)C)CC3)cc2)C(C)(C)C)cc1. The van der Waals surface area contributed by atoms with Gasteiger partial charge in [0.05, 0.1) is 34.8 Å². The Morgan fingerprint density at radius 1 is 0.929 bits per heavy atom. The molecular formula is C41H55N7O7S. The lowest BCUT2D eigenvalue weighted by atomic mass is 9.85. The van der Waals surface area contributed by atoms with E-state index in [0.717, 1.165) is 27.4 Å². The molecule has 14 nitrogen and oxygen atoms in total. The quantitative estimate of drug-likeness (QED) is 0.234. The first-order valence-electron chi connectivity index (χ1n) is 19.0. The molecule has 0 bridgehead atoms. The molecule has 15 heteroatoms. The molecule has 2 aromatic carbocycles. The lowest BCUT2D eigenvalue weighted by molar-refractivity contribution is -0.144. The molecule has 5 rings (SSSR count). The van der Waals surface area contributed by atoms with E-state index in [1.165, 1.54) is 4.90 Å². The van der Waals surface area contributed by atoms with E-state index in [2.05, 4.69) is 25.8 Å². The van der Waals surface area contributed by atoms with Gasteiger partial charge in [-0.1, -0.05) is 45.0 Å². The van der Waals surface area contributed by atoms with E-state index in [-0.39, 0.29) is 31.6 Å². The molecule has 2 aliphatic rings. The van der Waals surface area contributed by atoms with Crippen LogP contribution >= 0.6 is 11.3 Å². The number of aliphatic hydroxyl groups excluding tert-OH is 1. The number of anilines is 1. The molecule has 0 aliphatic carbocycles. The number of nitrogens with one attached hydrogen (secondary N) is 3. The molecule has 2 aliphatic heterocycles. The number of benzene rings is 2. The van der Waals surface area contributed by atoms with Crippen LogP contribution in [0.4, 0.5) is 10.5 Å². The number of amides is 5. The maximum atomic E-state index is 14.0.